The first-order valence-electron chi connectivity index (χ1n) is 9.83. The van der Waals surface area contributed by atoms with Crippen molar-refractivity contribution in [2.24, 2.45) is 5.73 Å². The second-order valence-corrected chi connectivity index (χ2v) is 9.53. The number of benzene rings is 2. The van der Waals surface area contributed by atoms with Crippen LogP contribution in [0.4, 0.5) is 13.2 Å². The van der Waals surface area contributed by atoms with Gasteiger partial charge in [-0.25, -0.2) is 21.6 Å². The van der Waals surface area contributed by atoms with Gasteiger partial charge in [0.2, 0.25) is 15.9 Å². The Morgan fingerprint density at radius 2 is 1.74 bits per heavy atom. The lowest BCUT2D eigenvalue weighted by Gasteiger charge is -2.39. The van der Waals surface area contributed by atoms with Crippen LogP contribution in [0.15, 0.2) is 47.4 Å². The Kier molecular flexibility index (Phi) is 7.03. The lowest BCUT2D eigenvalue weighted by atomic mass is 10.0. The third-order valence-electron chi connectivity index (χ3n) is 5.28. The van der Waals surface area contributed by atoms with Crippen molar-refractivity contribution in [3.63, 3.8) is 0 Å². The van der Waals surface area contributed by atoms with Crippen molar-refractivity contribution in [2.45, 2.75) is 36.7 Å². The zero-order chi connectivity index (χ0) is 22.8. The third kappa shape index (κ3) is 5.25. The fourth-order valence-corrected chi connectivity index (χ4v) is 5.31. The molecule has 31 heavy (non-hydrogen) atoms. The standard InChI is InChI=1S/C21H24F3N3O3S/c1-14-13-26(7-8-27(14)31(29,30)17-5-3-2-4-6-17)21(28)11-16(25)9-15-10-19(23)20(24)12-18(15)22/h2-6,10,12,14,16H,7-9,11,13,25H2,1H3/t14-,16+/m0/s1. The minimum atomic E-state index is -3.67. The van der Waals surface area contributed by atoms with Gasteiger partial charge in [0.1, 0.15) is 5.82 Å². The summed E-state index contributed by atoms with van der Waals surface area (Å²) in [5.74, 6) is -3.70. The molecule has 6 nitrogen and oxygen atoms in total. The predicted octanol–water partition coefficient (Wildman–Crippen LogP) is 2.29. The van der Waals surface area contributed by atoms with Crippen molar-refractivity contribution in [3.05, 3.63) is 65.5 Å². The van der Waals surface area contributed by atoms with Gasteiger partial charge in [-0.1, -0.05) is 18.2 Å². The molecule has 2 aromatic rings. The summed E-state index contributed by atoms with van der Waals surface area (Å²) in [6.07, 6.45) is -0.261. The Labute approximate surface area is 179 Å². The summed E-state index contributed by atoms with van der Waals surface area (Å²) < 4.78 is 67.3. The van der Waals surface area contributed by atoms with Gasteiger partial charge in [-0.05, 0) is 37.1 Å². The monoisotopic (exact) mass is 455 g/mol. The maximum absolute atomic E-state index is 13.8. The number of hydrogen-bond donors (Lipinski definition) is 1. The minimum Gasteiger partial charge on any atom is -0.340 e. The molecule has 2 atom stereocenters. The van der Waals surface area contributed by atoms with Gasteiger partial charge in [-0.3, -0.25) is 4.79 Å². The largest absolute Gasteiger partial charge is 0.340 e. The summed E-state index contributed by atoms with van der Waals surface area (Å²) in [6, 6.07) is 8.03. The highest BCUT2D eigenvalue weighted by atomic mass is 32.2. The average Bonchev–Trinajstić information content (AvgIpc) is 2.72. The third-order valence-corrected chi connectivity index (χ3v) is 7.31. The molecule has 0 radical (unpaired) electrons. The normalized spacial score (nSPS) is 18.7. The van der Waals surface area contributed by atoms with E-state index in [9.17, 15) is 26.4 Å². The second-order valence-electron chi connectivity index (χ2n) is 7.64. The van der Waals surface area contributed by atoms with Crippen LogP contribution < -0.4 is 5.73 Å². The molecule has 1 fully saturated rings. The van der Waals surface area contributed by atoms with E-state index in [1.165, 1.54) is 21.3 Å². The molecule has 2 N–H and O–H groups in total. The van der Waals surface area contributed by atoms with Crippen molar-refractivity contribution in [1.82, 2.24) is 9.21 Å². The Hall–Kier alpha value is -2.43. The van der Waals surface area contributed by atoms with E-state index >= 15 is 0 Å². The van der Waals surface area contributed by atoms with Gasteiger partial charge in [0.25, 0.3) is 0 Å². The molecule has 168 valence electrons. The van der Waals surface area contributed by atoms with Crippen LogP contribution in [0.3, 0.4) is 0 Å². The van der Waals surface area contributed by atoms with Crippen LogP contribution in [-0.2, 0) is 21.2 Å². The molecule has 1 heterocycles. The Morgan fingerprint density at radius 1 is 1.10 bits per heavy atom. The van der Waals surface area contributed by atoms with E-state index in [4.69, 9.17) is 5.73 Å². The van der Waals surface area contributed by atoms with Gasteiger partial charge in [0.15, 0.2) is 11.6 Å². The summed E-state index contributed by atoms with van der Waals surface area (Å²) in [6.45, 7) is 2.24. The quantitative estimate of drug-likeness (QED) is 0.678. The zero-order valence-electron chi connectivity index (χ0n) is 17.0. The highest BCUT2D eigenvalue weighted by Crippen LogP contribution is 2.22. The number of nitrogens with two attached hydrogens (primary N) is 1. The molecule has 2 aromatic carbocycles. The number of rotatable bonds is 6. The summed E-state index contributed by atoms with van der Waals surface area (Å²) >= 11 is 0. The molecule has 0 spiro atoms. The molecule has 3 rings (SSSR count). The smallest absolute Gasteiger partial charge is 0.243 e. The Balaban J connectivity index is 1.60. The van der Waals surface area contributed by atoms with Gasteiger partial charge in [0.05, 0.1) is 4.90 Å². The van der Waals surface area contributed by atoms with Gasteiger partial charge in [-0.15, -0.1) is 0 Å². The zero-order valence-corrected chi connectivity index (χ0v) is 17.8. The summed E-state index contributed by atoms with van der Waals surface area (Å²) in [5.41, 5.74) is 5.84. The van der Waals surface area contributed by atoms with Crippen LogP contribution in [0.2, 0.25) is 0 Å². The first-order chi connectivity index (χ1) is 14.6. The molecule has 0 aliphatic carbocycles. The number of halogens is 3. The molecule has 0 aromatic heterocycles. The van der Waals surface area contributed by atoms with E-state index in [1.54, 1.807) is 25.1 Å². The summed E-state index contributed by atoms with van der Waals surface area (Å²) in [4.78, 5) is 14.3. The maximum atomic E-state index is 13.8. The number of nitrogens with zero attached hydrogens (tertiary/aromatic N) is 2. The van der Waals surface area contributed by atoms with Crippen molar-refractivity contribution >= 4 is 15.9 Å². The van der Waals surface area contributed by atoms with Crippen LogP contribution in [0.1, 0.15) is 18.9 Å². The van der Waals surface area contributed by atoms with Gasteiger partial charge < -0.3 is 10.6 Å². The van der Waals surface area contributed by atoms with E-state index in [2.05, 4.69) is 0 Å². The predicted molar refractivity (Wildman–Crippen MR) is 109 cm³/mol. The SMILES string of the molecule is C[C@H]1CN(C(=O)C[C@H](N)Cc2cc(F)c(F)cc2F)CCN1S(=O)(=O)c1ccccc1. The maximum Gasteiger partial charge on any atom is 0.243 e. The lowest BCUT2D eigenvalue weighted by molar-refractivity contribution is -0.133. The molecule has 0 saturated carbocycles. The number of hydrogen-bond acceptors (Lipinski definition) is 4. The molecule has 1 amide bonds. The number of sulfonamides is 1. The number of carbonyl (C=O) groups excluding carboxylic acids is 1. The minimum absolute atomic E-state index is 0.105. The number of carbonyl (C=O) groups is 1. The molecule has 10 heteroatoms. The van der Waals surface area contributed by atoms with E-state index in [0.29, 0.717) is 6.07 Å². The van der Waals surface area contributed by atoms with Crippen LogP contribution in [0.25, 0.3) is 0 Å². The van der Waals surface area contributed by atoms with Crippen molar-refractivity contribution in [3.8, 4) is 0 Å². The van der Waals surface area contributed by atoms with Crippen molar-refractivity contribution in [2.75, 3.05) is 19.6 Å². The summed E-state index contributed by atoms with van der Waals surface area (Å²) in [5, 5.41) is 0. The molecule has 1 aliphatic rings. The lowest BCUT2D eigenvalue weighted by Crippen LogP contribution is -2.55. The number of piperazine rings is 1. The van der Waals surface area contributed by atoms with E-state index in [-0.39, 0.29) is 48.8 Å². The van der Waals surface area contributed by atoms with E-state index in [0.717, 1.165) is 6.07 Å². The van der Waals surface area contributed by atoms with Crippen LogP contribution in [-0.4, -0.2) is 55.2 Å². The van der Waals surface area contributed by atoms with Crippen LogP contribution >= 0.6 is 0 Å². The first kappa shape index (κ1) is 23.2. The van der Waals surface area contributed by atoms with Gasteiger partial charge in [0, 0.05) is 44.2 Å². The van der Waals surface area contributed by atoms with Crippen LogP contribution in [0, 0.1) is 17.5 Å². The summed E-state index contributed by atoms with van der Waals surface area (Å²) in [7, 11) is -3.67. The highest BCUT2D eigenvalue weighted by Gasteiger charge is 2.35. The van der Waals surface area contributed by atoms with Crippen molar-refractivity contribution < 1.29 is 26.4 Å². The number of amides is 1. The fourth-order valence-electron chi connectivity index (χ4n) is 3.68. The Bertz CT molecular complexity index is 1050. The molecule has 1 aliphatic heterocycles. The second kappa shape index (κ2) is 9.37. The van der Waals surface area contributed by atoms with Crippen LogP contribution in [0.5, 0.6) is 0 Å². The van der Waals surface area contributed by atoms with Gasteiger partial charge >= 0.3 is 0 Å². The average molecular weight is 456 g/mol. The Morgan fingerprint density at radius 3 is 2.39 bits per heavy atom. The molecule has 0 bridgehead atoms. The molecular weight excluding hydrogens is 431 g/mol. The molecular formula is C21H24F3N3O3S. The van der Waals surface area contributed by atoms with E-state index < -0.39 is 39.6 Å². The fraction of sp³-hybridized carbons (Fsp3) is 0.381. The van der Waals surface area contributed by atoms with E-state index in [1.807, 2.05) is 0 Å². The molecule has 1 saturated heterocycles. The topological polar surface area (TPSA) is 83.7 Å². The molecule has 0 unspecified atom stereocenters. The first-order valence-corrected chi connectivity index (χ1v) is 11.3. The van der Waals surface area contributed by atoms with Gasteiger partial charge in [-0.2, -0.15) is 4.31 Å². The highest BCUT2D eigenvalue weighted by molar-refractivity contribution is 7.89. The van der Waals surface area contributed by atoms with Crippen molar-refractivity contribution in [1.29, 1.82) is 0 Å².